The Morgan fingerprint density at radius 1 is 1.03 bits per heavy atom. The molecule has 176 valence electrons. The molecule has 0 aliphatic rings. The topological polar surface area (TPSA) is 183 Å². The minimum absolute atomic E-state index is 0.0357. The van der Waals surface area contributed by atoms with Crippen LogP contribution in [-0.4, -0.2) is 68.8 Å². The molecule has 2 rings (SSSR count). The Hall–Kier alpha value is -3.27. The molecule has 0 bridgehead atoms. The zero-order valence-corrected chi connectivity index (χ0v) is 19.6. The monoisotopic (exact) mass is 489 g/mol. The molecule has 0 atom stereocenters. The van der Waals surface area contributed by atoms with Crippen LogP contribution in [0.15, 0.2) is 23.2 Å². The van der Waals surface area contributed by atoms with Gasteiger partial charge in [-0.05, 0) is 32.9 Å². The van der Waals surface area contributed by atoms with E-state index in [0.717, 1.165) is 10.4 Å². The number of nitrogens with zero attached hydrogens (tertiary/aromatic N) is 5. The Morgan fingerprint density at radius 3 is 2.12 bits per heavy atom. The number of pyridine rings is 1. The number of nitrogens with one attached hydrogen (secondary N) is 2. The van der Waals surface area contributed by atoms with Gasteiger partial charge in [-0.2, -0.15) is 18.4 Å². The van der Waals surface area contributed by atoms with E-state index in [1.165, 1.54) is 40.2 Å². The molecule has 0 unspecified atom stereocenters. The summed E-state index contributed by atoms with van der Waals surface area (Å²) in [5.41, 5.74) is 0. The second kappa shape index (κ2) is 9.90. The molecular weight excluding hydrogens is 466 g/mol. The largest absolute Gasteiger partial charge is 0.467 e. The van der Waals surface area contributed by atoms with Gasteiger partial charge in [-0.3, -0.25) is 9.62 Å². The van der Waals surface area contributed by atoms with E-state index in [1.807, 2.05) is 0 Å². The first-order valence-corrected chi connectivity index (χ1v) is 12.1. The molecule has 0 radical (unpaired) electrons. The van der Waals surface area contributed by atoms with Gasteiger partial charge in [0.05, 0.1) is 19.5 Å². The van der Waals surface area contributed by atoms with Crippen LogP contribution in [0.5, 0.6) is 12.0 Å². The standard InChI is InChI=1S/C16H23N7O7S2/c1-6-23(32(27,28)10(2)3)11-8-7-9-12(17-11)31(25,26)22-14(24)18-13-19-15(29-4)21-16(20-13)30-5/h7-10H,6H2,1-5H3,(H2,18,19,20,21,22,24). The van der Waals surface area contributed by atoms with Crippen molar-refractivity contribution in [3.8, 4) is 12.0 Å². The van der Waals surface area contributed by atoms with Crippen molar-refractivity contribution in [2.45, 2.75) is 31.0 Å². The lowest BCUT2D eigenvalue weighted by Crippen LogP contribution is -2.38. The van der Waals surface area contributed by atoms with Gasteiger partial charge in [-0.15, -0.1) is 4.98 Å². The molecule has 0 fully saturated rings. The normalized spacial score (nSPS) is 11.7. The predicted molar refractivity (Wildman–Crippen MR) is 114 cm³/mol. The number of hydrogen-bond donors (Lipinski definition) is 2. The van der Waals surface area contributed by atoms with Crippen LogP contribution in [0.3, 0.4) is 0 Å². The van der Waals surface area contributed by atoms with Gasteiger partial charge >= 0.3 is 18.1 Å². The average Bonchev–Trinajstić information content (AvgIpc) is 2.73. The number of amides is 2. The molecule has 0 aromatic carbocycles. The summed E-state index contributed by atoms with van der Waals surface area (Å²) in [5, 5.41) is 0.810. The highest BCUT2D eigenvalue weighted by molar-refractivity contribution is 7.93. The fourth-order valence-electron chi connectivity index (χ4n) is 2.30. The summed E-state index contributed by atoms with van der Waals surface area (Å²) >= 11 is 0. The Bertz CT molecular complexity index is 1160. The minimum Gasteiger partial charge on any atom is -0.467 e. The number of urea groups is 1. The van der Waals surface area contributed by atoms with Gasteiger partial charge in [-0.25, -0.2) is 22.9 Å². The van der Waals surface area contributed by atoms with Crippen molar-refractivity contribution in [1.82, 2.24) is 24.7 Å². The quantitative estimate of drug-likeness (QED) is 0.496. The molecule has 2 aromatic heterocycles. The van der Waals surface area contributed by atoms with Crippen LogP contribution in [-0.2, 0) is 20.0 Å². The van der Waals surface area contributed by atoms with E-state index in [-0.39, 0.29) is 30.3 Å². The number of carbonyl (C=O) groups is 1. The fraction of sp³-hybridized carbons (Fsp3) is 0.438. The van der Waals surface area contributed by atoms with E-state index in [4.69, 9.17) is 9.47 Å². The number of hydrogen-bond acceptors (Lipinski definition) is 11. The number of anilines is 2. The third-order valence-corrected chi connectivity index (χ3v) is 7.32. The predicted octanol–water partition coefficient (Wildman–Crippen LogP) is 0.359. The van der Waals surface area contributed by atoms with E-state index in [0.29, 0.717) is 0 Å². The van der Waals surface area contributed by atoms with E-state index in [9.17, 15) is 21.6 Å². The van der Waals surface area contributed by atoms with Crippen molar-refractivity contribution < 1.29 is 31.1 Å². The highest BCUT2D eigenvalue weighted by atomic mass is 32.2. The molecule has 0 aliphatic carbocycles. The molecule has 2 heterocycles. The van der Waals surface area contributed by atoms with Crippen LogP contribution < -0.4 is 23.8 Å². The summed E-state index contributed by atoms with van der Waals surface area (Å²) in [6, 6.07) is 2.24. The molecule has 14 nitrogen and oxygen atoms in total. The molecule has 0 saturated carbocycles. The first-order valence-electron chi connectivity index (χ1n) is 9.11. The third-order valence-electron chi connectivity index (χ3n) is 3.84. The molecule has 0 aliphatic heterocycles. The highest BCUT2D eigenvalue weighted by Crippen LogP contribution is 2.20. The van der Waals surface area contributed by atoms with Gasteiger partial charge in [-0.1, -0.05) is 6.07 Å². The summed E-state index contributed by atoms with van der Waals surface area (Å²) in [6.07, 6.45) is 0. The lowest BCUT2D eigenvalue weighted by molar-refractivity contribution is 0.256. The molecule has 2 N–H and O–H groups in total. The lowest BCUT2D eigenvalue weighted by atomic mass is 10.4. The molecular formula is C16H23N7O7S2. The van der Waals surface area contributed by atoms with Crippen LogP contribution in [0.25, 0.3) is 0 Å². The van der Waals surface area contributed by atoms with Gasteiger partial charge in [0, 0.05) is 6.54 Å². The number of carbonyl (C=O) groups excluding carboxylic acids is 1. The van der Waals surface area contributed by atoms with Crippen molar-refractivity contribution in [1.29, 1.82) is 0 Å². The number of rotatable bonds is 9. The van der Waals surface area contributed by atoms with E-state index in [2.05, 4.69) is 25.3 Å². The van der Waals surface area contributed by atoms with Gasteiger partial charge in [0.1, 0.15) is 5.82 Å². The van der Waals surface area contributed by atoms with E-state index < -0.39 is 36.4 Å². The summed E-state index contributed by atoms with van der Waals surface area (Å²) < 4.78 is 62.7. The average molecular weight is 490 g/mol. The van der Waals surface area contributed by atoms with Crippen LogP contribution in [0.2, 0.25) is 0 Å². The first-order chi connectivity index (χ1) is 14.9. The molecule has 2 aromatic rings. The van der Waals surface area contributed by atoms with Crippen LogP contribution >= 0.6 is 0 Å². The summed E-state index contributed by atoms with van der Waals surface area (Å²) in [6.45, 7) is 4.62. The van der Waals surface area contributed by atoms with Gasteiger partial charge in [0.25, 0.3) is 10.0 Å². The van der Waals surface area contributed by atoms with E-state index in [1.54, 1.807) is 11.6 Å². The SMILES string of the molecule is CCN(c1cccc(S(=O)(=O)NC(=O)Nc2nc(OC)nc(OC)n2)n1)S(=O)(=O)C(C)C. The highest BCUT2D eigenvalue weighted by Gasteiger charge is 2.28. The number of aromatic nitrogens is 4. The fourth-order valence-corrected chi connectivity index (χ4v) is 4.40. The smallest absolute Gasteiger partial charge is 0.335 e. The molecule has 2 amide bonds. The maximum absolute atomic E-state index is 12.6. The Kier molecular flexibility index (Phi) is 7.73. The Balaban J connectivity index is 2.28. The Labute approximate surface area is 185 Å². The second-order valence-corrected chi connectivity index (χ2v) is 10.3. The third kappa shape index (κ3) is 5.70. The van der Waals surface area contributed by atoms with Crippen LogP contribution in [0.1, 0.15) is 20.8 Å². The van der Waals surface area contributed by atoms with Crippen molar-refractivity contribution in [3.63, 3.8) is 0 Å². The Morgan fingerprint density at radius 2 is 1.62 bits per heavy atom. The number of sulfonamides is 2. The van der Waals surface area contributed by atoms with Crippen molar-refractivity contribution in [3.05, 3.63) is 18.2 Å². The van der Waals surface area contributed by atoms with Crippen molar-refractivity contribution in [2.75, 3.05) is 30.4 Å². The van der Waals surface area contributed by atoms with E-state index >= 15 is 0 Å². The summed E-state index contributed by atoms with van der Waals surface area (Å²) in [7, 11) is -5.66. The summed E-state index contributed by atoms with van der Waals surface area (Å²) in [5.74, 6) is -0.431. The van der Waals surface area contributed by atoms with Crippen molar-refractivity contribution >= 4 is 37.8 Å². The van der Waals surface area contributed by atoms with Crippen LogP contribution in [0.4, 0.5) is 16.6 Å². The van der Waals surface area contributed by atoms with Crippen LogP contribution in [0, 0.1) is 0 Å². The van der Waals surface area contributed by atoms with Gasteiger partial charge in [0.15, 0.2) is 5.03 Å². The maximum atomic E-state index is 12.6. The molecule has 0 saturated heterocycles. The maximum Gasteiger partial charge on any atom is 0.335 e. The molecule has 0 spiro atoms. The first kappa shape index (κ1) is 25.0. The molecule has 32 heavy (non-hydrogen) atoms. The zero-order valence-electron chi connectivity index (χ0n) is 17.9. The summed E-state index contributed by atoms with van der Waals surface area (Å²) in [4.78, 5) is 27.4. The van der Waals surface area contributed by atoms with Gasteiger partial charge in [0.2, 0.25) is 16.0 Å². The number of methoxy groups -OCH3 is 2. The number of ether oxygens (including phenoxy) is 2. The van der Waals surface area contributed by atoms with Gasteiger partial charge < -0.3 is 9.47 Å². The minimum atomic E-state index is -4.47. The lowest BCUT2D eigenvalue weighted by Gasteiger charge is -2.24. The molecule has 16 heteroatoms. The zero-order chi connectivity index (χ0) is 24.1. The van der Waals surface area contributed by atoms with Crippen molar-refractivity contribution in [2.24, 2.45) is 0 Å². The second-order valence-electron chi connectivity index (χ2n) is 6.28.